The molecule has 1 fully saturated rings. The fourth-order valence-electron chi connectivity index (χ4n) is 3.01. The Morgan fingerprint density at radius 1 is 1.20 bits per heavy atom. The highest BCUT2D eigenvalue weighted by atomic mass is 15.1. The van der Waals surface area contributed by atoms with Crippen LogP contribution in [0, 0.1) is 5.92 Å². The average molecular weight is 274 g/mol. The predicted octanol–water partition coefficient (Wildman–Crippen LogP) is 3.42. The predicted molar refractivity (Wildman–Crippen MR) is 87.1 cm³/mol. The fourth-order valence-corrected chi connectivity index (χ4v) is 3.01. The molecule has 1 aromatic carbocycles. The van der Waals surface area contributed by atoms with E-state index in [4.69, 9.17) is 0 Å². The minimum absolute atomic E-state index is 0.248. The summed E-state index contributed by atoms with van der Waals surface area (Å²) < 4.78 is 0. The summed E-state index contributed by atoms with van der Waals surface area (Å²) in [7, 11) is 2.24. The van der Waals surface area contributed by atoms with E-state index in [1.807, 2.05) is 0 Å². The van der Waals surface area contributed by atoms with E-state index in [2.05, 4.69) is 62.3 Å². The molecule has 0 aromatic heterocycles. The van der Waals surface area contributed by atoms with Crippen LogP contribution in [0.2, 0.25) is 0 Å². The SMILES string of the molecule is CN(Cc1ccc(C(C)(C)C)cc1)CC1CCCNC1. The van der Waals surface area contributed by atoms with E-state index in [1.165, 1.54) is 43.6 Å². The smallest absolute Gasteiger partial charge is 0.0230 e. The Morgan fingerprint density at radius 3 is 2.45 bits per heavy atom. The first-order valence-electron chi connectivity index (χ1n) is 7.94. The molecule has 0 amide bonds. The molecule has 1 aromatic rings. The van der Waals surface area contributed by atoms with Crippen LogP contribution in [0.1, 0.15) is 44.7 Å². The molecule has 2 nitrogen and oxygen atoms in total. The summed E-state index contributed by atoms with van der Waals surface area (Å²) >= 11 is 0. The summed E-state index contributed by atoms with van der Waals surface area (Å²) in [6.45, 7) is 11.5. The zero-order chi connectivity index (χ0) is 14.6. The number of rotatable bonds is 4. The van der Waals surface area contributed by atoms with Gasteiger partial charge < -0.3 is 10.2 Å². The molecule has 0 bridgehead atoms. The summed E-state index contributed by atoms with van der Waals surface area (Å²) in [6, 6.07) is 9.14. The van der Waals surface area contributed by atoms with Gasteiger partial charge in [0.2, 0.25) is 0 Å². The van der Waals surface area contributed by atoms with Gasteiger partial charge in [0, 0.05) is 13.1 Å². The van der Waals surface area contributed by atoms with Crippen LogP contribution in [0.15, 0.2) is 24.3 Å². The maximum Gasteiger partial charge on any atom is 0.0230 e. The fraction of sp³-hybridized carbons (Fsp3) is 0.667. The minimum atomic E-state index is 0.248. The van der Waals surface area contributed by atoms with Gasteiger partial charge in [0.1, 0.15) is 0 Å². The molecule has 0 aliphatic carbocycles. The lowest BCUT2D eigenvalue weighted by atomic mass is 9.87. The Hall–Kier alpha value is -0.860. The van der Waals surface area contributed by atoms with E-state index >= 15 is 0 Å². The quantitative estimate of drug-likeness (QED) is 0.905. The van der Waals surface area contributed by atoms with Crippen LogP contribution in [0.25, 0.3) is 0 Å². The van der Waals surface area contributed by atoms with Gasteiger partial charge in [-0.1, -0.05) is 45.0 Å². The van der Waals surface area contributed by atoms with Crippen molar-refractivity contribution in [2.75, 3.05) is 26.7 Å². The van der Waals surface area contributed by atoms with E-state index in [0.717, 1.165) is 12.5 Å². The second kappa shape index (κ2) is 6.73. The molecule has 1 atom stereocenters. The van der Waals surface area contributed by atoms with Crippen LogP contribution in [0.4, 0.5) is 0 Å². The Morgan fingerprint density at radius 2 is 1.90 bits per heavy atom. The Bertz CT molecular complexity index is 396. The lowest BCUT2D eigenvalue weighted by molar-refractivity contribution is 0.237. The van der Waals surface area contributed by atoms with Crippen molar-refractivity contribution in [3.63, 3.8) is 0 Å². The van der Waals surface area contributed by atoms with Crippen molar-refractivity contribution in [3.8, 4) is 0 Å². The number of hydrogen-bond donors (Lipinski definition) is 1. The van der Waals surface area contributed by atoms with Crippen LogP contribution in [-0.4, -0.2) is 31.6 Å². The summed E-state index contributed by atoms with van der Waals surface area (Å²) in [5, 5.41) is 3.50. The molecule has 2 rings (SSSR count). The molecule has 1 aliphatic heterocycles. The monoisotopic (exact) mass is 274 g/mol. The van der Waals surface area contributed by atoms with E-state index in [1.54, 1.807) is 0 Å². The van der Waals surface area contributed by atoms with Crippen molar-refractivity contribution in [2.24, 2.45) is 5.92 Å². The van der Waals surface area contributed by atoms with E-state index in [0.29, 0.717) is 0 Å². The standard InChI is InChI=1S/C18H30N2/c1-18(2,3)17-9-7-15(8-10-17)13-20(4)14-16-6-5-11-19-12-16/h7-10,16,19H,5-6,11-14H2,1-4H3. The van der Waals surface area contributed by atoms with Gasteiger partial charge in [-0.05, 0) is 55.4 Å². The Kier molecular flexibility index (Phi) is 5.22. The molecule has 1 heterocycles. The van der Waals surface area contributed by atoms with E-state index in [-0.39, 0.29) is 5.41 Å². The van der Waals surface area contributed by atoms with Gasteiger partial charge in [0.15, 0.2) is 0 Å². The van der Waals surface area contributed by atoms with E-state index in [9.17, 15) is 0 Å². The van der Waals surface area contributed by atoms with Crippen molar-refractivity contribution < 1.29 is 0 Å². The lowest BCUT2D eigenvalue weighted by Crippen LogP contribution is -2.36. The van der Waals surface area contributed by atoms with Crippen LogP contribution < -0.4 is 5.32 Å². The van der Waals surface area contributed by atoms with Gasteiger partial charge in [-0.15, -0.1) is 0 Å². The zero-order valence-corrected chi connectivity index (χ0v) is 13.6. The first-order chi connectivity index (χ1) is 9.45. The molecule has 1 saturated heterocycles. The first-order valence-corrected chi connectivity index (χ1v) is 7.94. The normalized spacial score (nSPS) is 20.4. The highest BCUT2D eigenvalue weighted by Crippen LogP contribution is 2.22. The van der Waals surface area contributed by atoms with Crippen molar-refractivity contribution in [1.82, 2.24) is 10.2 Å². The van der Waals surface area contributed by atoms with Gasteiger partial charge in [-0.3, -0.25) is 0 Å². The molecular weight excluding hydrogens is 244 g/mol. The molecule has 20 heavy (non-hydrogen) atoms. The van der Waals surface area contributed by atoms with Crippen molar-refractivity contribution in [1.29, 1.82) is 0 Å². The summed E-state index contributed by atoms with van der Waals surface area (Å²) in [5.74, 6) is 0.822. The van der Waals surface area contributed by atoms with Gasteiger partial charge in [0.25, 0.3) is 0 Å². The maximum absolute atomic E-state index is 3.50. The van der Waals surface area contributed by atoms with Gasteiger partial charge >= 0.3 is 0 Å². The Balaban J connectivity index is 1.86. The van der Waals surface area contributed by atoms with Crippen LogP contribution in [0.5, 0.6) is 0 Å². The van der Waals surface area contributed by atoms with Crippen molar-refractivity contribution in [2.45, 2.75) is 45.6 Å². The van der Waals surface area contributed by atoms with Crippen LogP contribution in [0.3, 0.4) is 0 Å². The van der Waals surface area contributed by atoms with Crippen molar-refractivity contribution >= 4 is 0 Å². The molecule has 0 spiro atoms. The minimum Gasteiger partial charge on any atom is -0.316 e. The summed E-state index contributed by atoms with van der Waals surface area (Å²) in [5.41, 5.74) is 3.09. The highest BCUT2D eigenvalue weighted by molar-refractivity contribution is 5.27. The largest absolute Gasteiger partial charge is 0.316 e. The number of benzene rings is 1. The average Bonchev–Trinajstić information content (AvgIpc) is 2.39. The van der Waals surface area contributed by atoms with Crippen LogP contribution in [-0.2, 0) is 12.0 Å². The zero-order valence-electron chi connectivity index (χ0n) is 13.6. The molecular formula is C18H30N2. The molecule has 1 N–H and O–H groups in total. The topological polar surface area (TPSA) is 15.3 Å². The first kappa shape index (κ1) is 15.5. The number of hydrogen-bond acceptors (Lipinski definition) is 2. The number of piperidine rings is 1. The van der Waals surface area contributed by atoms with Crippen LogP contribution >= 0.6 is 0 Å². The molecule has 1 aliphatic rings. The number of nitrogens with zero attached hydrogens (tertiary/aromatic N) is 1. The van der Waals surface area contributed by atoms with Crippen molar-refractivity contribution in [3.05, 3.63) is 35.4 Å². The second-order valence-corrected chi connectivity index (χ2v) is 7.36. The third-order valence-corrected chi connectivity index (χ3v) is 4.24. The highest BCUT2D eigenvalue weighted by Gasteiger charge is 2.16. The van der Waals surface area contributed by atoms with Gasteiger partial charge in [-0.25, -0.2) is 0 Å². The molecule has 2 heteroatoms. The second-order valence-electron chi connectivity index (χ2n) is 7.36. The maximum atomic E-state index is 3.50. The molecule has 1 unspecified atom stereocenters. The Labute approximate surface area is 124 Å². The lowest BCUT2D eigenvalue weighted by Gasteiger charge is -2.27. The summed E-state index contributed by atoms with van der Waals surface area (Å²) in [6.07, 6.45) is 2.71. The third kappa shape index (κ3) is 4.60. The molecule has 112 valence electrons. The van der Waals surface area contributed by atoms with E-state index < -0.39 is 0 Å². The van der Waals surface area contributed by atoms with Gasteiger partial charge in [-0.2, -0.15) is 0 Å². The summed E-state index contributed by atoms with van der Waals surface area (Å²) in [4.78, 5) is 2.46. The molecule has 0 saturated carbocycles. The molecule has 0 radical (unpaired) electrons. The van der Waals surface area contributed by atoms with Gasteiger partial charge in [0.05, 0.1) is 0 Å². The number of nitrogens with one attached hydrogen (secondary N) is 1. The third-order valence-electron chi connectivity index (χ3n) is 4.24.